The first-order valence-corrected chi connectivity index (χ1v) is 8.34. The van der Waals surface area contributed by atoms with E-state index < -0.39 is 0 Å². The van der Waals surface area contributed by atoms with E-state index in [1.807, 2.05) is 73.5 Å². The van der Waals surface area contributed by atoms with Gasteiger partial charge in [-0.25, -0.2) is 4.98 Å². The lowest BCUT2D eigenvalue weighted by atomic mass is 10.1. The normalized spacial score (nSPS) is 12.2. The molecule has 1 N–H and O–H groups in total. The Hall–Kier alpha value is -2.89. The number of nitrogens with one attached hydrogen (secondary N) is 1. The summed E-state index contributed by atoms with van der Waals surface area (Å²) in [7, 11) is 1.90. The second-order valence-corrected chi connectivity index (χ2v) is 6.39. The highest BCUT2D eigenvalue weighted by molar-refractivity contribution is 5.91. The highest BCUT2D eigenvalue weighted by Gasteiger charge is 2.18. The van der Waals surface area contributed by atoms with E-state index in [1.165, 1.54) is 0 Å². The van der Waals surface area contributed by atoms with E-state index in [0.29, 0.717) is 12.5 Å². The third-order valence-corrected chi connectivity index (χ3v) is 4.29. The zero-order valence-corrected chi connectivity index (χ0v) is 15.0. The molecule has 0 fully saturated rings. The van der Waals surface area contributed by atoms with Crippen LogP contribution in [-0.4, -0.2) is 25.2 Å². The van der Waals surface area contributed by atoms with Crippen molar-refractivity contribution >= 4 is 11.9 Å². The predicted molar refractivity (Wildman–Crippen MR) is 98.1 cm³/mol. The van der Waals surface area contributed by atoms with Crippen LogP contribution in [0.2, 0.25) is 0 Å². The first kappa shape index (κ1) is 17.0. The maximum absolute atomic E-state index is 12.5. The van der Waals surface area contributed by atoms with Gasteiger partial charge in [-0.05, 0) is 25.5 Å². The van der Waals surface area contributed by atoms with Gasteiger partial charge in [-0.3, -0.25) is 14.8 Å². The molecule has 6 heteroatoms. The Morgan fingerprint density at radius 3 is 2.60 bits per heavy atom. The molecule has 1 aromatic carbocycles. The molecule has 0 aliphatic carbocycles. The molecule has 1 atom stereocenters. The summed E-state index contributed by atoms with van der Waals surface area (Å²) in [6.45, 7) is 6.39. The van der Waals surface area contributed by atoms with Gasteiger partial charge in [-0.1, -0.05) is 37.3 Å². The molecule has 130 valence electrons. The number of carbonyl (C=O) groups excluding carboxylic acids is 1. The van der Waals surface area contributed by atoms with Gasteiger partial charge in [-0.15, -0.1) is 0 Å². The van der Waals surface area contributed by atoms with Crippen LogP contribution in [0.4, 0.5) is 5.95 Å². The fourth-order valence-corrected chi connectivity index (χ4v) is 2.84. The molecule has 0 saturated carbocycles. The second-order valence-electron chi connectivity index (χ2n) is 6.39. The first-order chi connectivity index (χ1) is 12.0. The zero-order chi connectivity index (χ0) is 18.0. The number of anilines is 1. The number of hydrogen-bond acceptors (Lipinski definition) is 3. The molecule has 1 amide bonds. The maximum atomic E-state index is 12.5. The lowest BCUT2D eigenvalue weighted by Crippen LogP contribution is -2.26. The summed E-state index contributed by atoms with van der Waals surface area (Å²) in [6.07, 6.45) is 1.77. The van der Waals surface area contributed by atoms with E-state index >= 15 is 0 Å². The number of aryl methyl sites for hydroxylation is 2. The van der Waals surface area contributed by atoms with Crippen molar-refractivity contribution in [3.63, 3.8) is 0 Å². The number of hydrogen-bond donors (Lipinski definition) is 1. The molecule has 0 aliphatic rings. The quantitative estimate of drug-likeness (QED) is 0.778. The molecule has 0 saturated heterocycles. The largest absolute Gasteiger partial charge is 0.313 e. The number of nitrogens with zero attached hydrogens (tertiary/aromatic N) is 4. The topological polar surface area (TPSA) is 64.7 Å². The minimum absolute atomic E-state index is 0.0686. The molecule has 2 aromatic heterocycles. The third kappa shape index (κ3) is 3.63. The van der Waals surface area contributed by atoms with E-state index in [-0.39, 0.29) is 11.8 Å². The summed E-state index contributed by atoms with van der Waals surface area (Å²) in [6, 6.07) is 12.0. The van der Waals surface area contributed by atoms with Gasteiger partial charge in [0.2, 0.25) is 11.9 Å². The summed E-state index contributed by atoms with van der Waals surface area (Å²) >= 11 is 0. The monoisotopic (exact) mass is 337 g/mol. The van der Waals surface area contributed by atoms with E-state index in [4.69, 9.17) is 0 Å². The number of amides is 1. The number of benzene rings is 1. The molecule has 0 radical (unpaired) electrons. The summed E-state index contributed by atoms with van der Waals surface area (Å²) < 4.78 is 3.76. The summed E-state index contributed by atoms with van der Waals surface area (Å²) in [5, 5.41) is 7.34. The Morgan fingerprint density at radius 1 is 1.24 bits per heavy atom. The van der Waals surface area contributed by atoms with Crippen molar-refractivity contribution in [1.29, 1.82) is 0 Å². The number of rotatable bonds is 5. The number of aromatic nitrogens is 4. The van der Waals surface area contributed by atoms with E-state index in [2.05, 4.69) is 15.4 Å². The van der Waals surface area contributed by atoms with Crippen LogP contribution in [0.25, 0.3) is 11.3 Å². The van der Waals surface area contributed by atoms with Gasteiger partial charge in [0, 0.05) is 12.7 Å². The zero-order valence-electron chi connectivity index (χ0n) is 15.0. The Kier molecular flexibility index (Phi) is 4.70. The van der Waals surface area contributed by atoms with Gasteiger partial charge in [0.15, 0.2) is 0 Å². The van der Waals surface area contributed by atoms with Crippen LogP contribution in [-0.2, 0) is 18.4 Å². The summed E-state index contributed by atoms with van der Waals surface area (Å²) in [4.78, 5) is 16.9. The molecule has 0 aliphatic heterocycles. The van der Waals surface area contributed by atoms with Gasteiger partial charge >= 0.3 is 0 Å². The van der Waals surface area contributed by atoms with Gasteiger partial charge in [-0.2, -0.15) is 5.10 Å². The van der Waals surface area contributed by atoms with E-state index in [0.717, 1.165) is 22.6 Å². The van der Waals surface area contributed by atoms with Crippen LogP contribution < -0.4 is 5.32 Å². The highest BCUT2D eigenvalue weighted by atomic mass is 16.2. The standard InChI is InChI=1S/C19H23N5O/c1-13(12-24-15(3)10-14(2)22-24)18(25)21-19-20-11-17(23(19)4)16-8-6-5-7-9-16/h5-11,13H,12H2,1-4H3,(H,20,21,25). The Bertz CT molecular complexity index is 879. The van der Waals surface area contributed by atoms with E-state index in [9.17, 15) is 4.79 Å². The Morgan fingerprint density at radius 2 is 1.96 bits per heavy atom. The lowest BCUT2D eigenvalue weighted by molar-refractivity contribution is -0.119. The molecule has 0 spiro atoms. The summed E-state index contributed by atoms with van der Waals surface area (Å²) in [5.41, 5.74) is 4.04. The molecular weight excluding hydrogens is 314 g/mol. The Balaban J connectivity index is 1.71. The third-order valence-electron chi connectivity index (χ3n) is 4.29. The van der Waals surface area contributed by atoms with Crippen LogP contribution >= 0.6 is 0 Å². The van der Waals surface area contributed by atoms with Crippen molar-refractivity contribution in [2.45, 2.75) is 27.3 Å². The van der Waals surface area contributed by atoms with Gasteiger partial charge in [0.1, 0.15) is 0 Å². The van der Waals surface area contributed by atoms with Gasteiger partial charge < -0.3 is 4.57 Å². The second kappa shape index (κ2) is 6.93. The fourth-order valence-electron chi connectivity index (χ4n) is 2.84. The van der Waals surface area contributed by atoms with Crippen LogP contribution in [0.5, 0.6) is 0 Å². The molecule has 0 bridgehead atoms. The van der Waals surface area contributed by atoms with Crippen molar-refractivity contribution in [3.05, 3.63) is 54.0 Å². The Labute approximate surface area is 147 Å². The van der Waals surface area contributed by atoms with Gasteiger partial charge in [0.25, 0.3) is 0 Å². The fraction of sp³-hybridized carbons (Fsp3) is 0.316. The maximum Gasteiger partial charge on any atom is 0.231 e. The van der Waals surface area contributed by atoms with Gasteiger partial charge in [0.05, 0.1) is 30.0 Å². The molecule has 1 unspecified atom stereocenters. The van der Waals surface area contributed by atoms with Crippen LogP contribution in [0.1, 0.15) is 18.3 Å². The highest BCUT2D eigenvalue weighted by Crippen LogP contribution is 2.21. The van der Waals surface area contributed by atoms with Crippen molar-refractivity contribution in [3.8, 4) is 11.3 Å². The first-order valence-electron chi connectivity index (χ1n) is 8.34. The molecule has 3 rings (SSSR count). The minimum Gasteiger partial charge on any atom is -0.313 e. The smallest absolute Gasteiger partial charge is 0.231 e. The molecule has 6 nitrogen and oxygen atoms in total. The van der Waals surface area contributed by atoms with Crippen LogP contribution in [0.15, 0.2) is 42.6 Å². The van der Waals surface area contributed by atoms with Crippen LogP contribution in [0, 0.1) is 19.8 Å². The van der Waals surface area contributed by atoms with Crippen molar-refractivity contribution in [2.75, 3.05) is 5.32 Å². The van der Waals surface area contributed by atoms with Crippen molar-refractivity contribution < 1.29 is 4.79 Å². The number of imidazole rings is 1. The average molecular weight is 337 g/mol. The predicted octanol–water partition coefficient (Wildman–Crippen LogP) is 3.18. The van der Waals surface area contributed by atoms with E-state index in [1.54, 1.807) is 6.20 Å². The van der Waals surface area contributed by atoms with Crippen molar-refractivity contribution in [1.82, 2.24) is 19.3 Å². The molecular formula is C19H23N5O. The SMILES string of the molecule is Cc1cc(C)n(CC(C)C(=O)Nc2ncc(-c3ccccc3)n2C)n1. The minimum atomic E-state index is -0.213. The number of carbonyl (C=O) groups is 1. The molecule has 25 heavy (non-hydrogen) atoms. The summed E-state index contributed by atoms with van der Waals surface area (Å²) in [5.74, 6) is 0.264. The van der Waals surface area contributed by atoms with Crippen molar-refractivity contribution in [2.24, 2.45) is 13.0 Å². The van der Waals surface area contributed by atoms with Crippen LogP contribution in [0.3, 0.4) is 0 Å². The lowest BCUT2D eigenvalue weighted by Gasteiger charge is -2.13. The average Bonchev–Trinajstić information content (AvgIpc) is 3.10. The molecule has 2 heterocycles. The molecule has 3 aromatic rings.